The van der Waals surface area contributed by atoms with Crippen LogP contribution >= 0.6 is 0 Å². The highest BCUT2D eigenvalue weighted by molar-refractivity contribution is 5.87. The summed E-state index contributed by atoms with van der Waals surface area (Å²) in [7, 11) is 0. The Morgan fingerprint density at radius 2 is 2.00 bits per heavy atom. The molecule has 0 radical (unpaired) electrons. The number of carbonyl (C=O) groups is 1. The van der Waals surface area contributed by atoms with E-state index < -0.39 is 0 Å². The number of hydrogen-bond donors (Lipinski definition) is 1. The first-order valence-corrected chi connectivity index (χ1v) is 11.0. The van der Waals surface area contributed by atoms with Crippen molar-refractivity contribution in [2.45, 2.75) is 52.0 Å². The van der Waals surface area contributed by atoms with Crippen molar-refractivity contribution < 1.29 is 4.79 Å². The van der Waals surface area contributed by atoms with Crippen molar-refractivity contribution in [2.24, 2.45) is 0 Å². The van der Waals surface area contributed by atoms with Crippen LogP contribution < -0.4 is 10.2 Å². The SMILES string of the molecule is CCC1(CNc2ccc(C)nn2)CCCCN1c1c(C)ccc(C=O)c1-n1cccn1. The predicted molar refractivity (Wildman–Crippen MR) is 123 cm³/mol. The zero-order chi connectivity index (χ0) is 21.8. The van der Waals surface area contributed by atoms with Gasteiger partial charge in [0, 0.05) is 31.0 Å². The summed E-state index contributed by atoms with van der Waals surface area (Å²) < 4.78 is 1.82. The van der Waals surface area contributed by atoms with Crippen LogP contribution in [-0.2, 0) is 0 Å². The molecule has 2 aromatic heterocycles. The van der Waals surface area contributed by atoms with E-state index >= 15 is 0 Å². The fraction of sp³-hybridized carbons (Fsp3) is 0.417. The molecule has 7 heteroatoms. The number of aryl methyl sites for hydroxylation is 2. The second kappa shape index (κ2) is 8.88. The monoisotopic (exact) mass is 418 g/mol. The van der Waals surface area contributed by atoms with E-state index in [1.807, 2.05) is 48.1 Å². The van der Waals surface area contributed by atoms with Crippen molar-refractivity contribution in [3.05, 3.63) is 59.5 Å². The lowest BCUT2D eigenvalue weighted by atomic mass is 9.82. The van der Waals surface area contributed by atoms with Gasteiger partial charge in [0.15, 0.2) is 6.29 Å². The van der Waals surface area contributed by atoms with Gasteiger partial charge in [-0.15, -0.1) is 5.10 Å². The molecule has 1 N–H and O–H groups in total. The van der Waals surface area contributed by atoms with Gasteiger partial charge in [-0.25, -0.2) is 4.68 Å². The molecule has 1 unspecified atom stereocenters. The summed E-state index contributed by atoms with van der Waals surface area (Å²) in [5.41, 5.74) is 4.55. The third-order valence-electron chi connectivity index (χ3n) is 6.42. The van der Waals surface area contributed by atoms with Crippen molar-refractivity contribution in [1.29, 1.82) is 0 Å². The van der Waals surface area contributed by atoms with E-state index in [2.05, 4.69) is 39.4 Å². The summed E-state index contributed by atoms with van der Waals surface area (Å²) in [6, 6.07) is 9.77. The van der Waals surface area contributed by atoms with Crippen molar-refractivity contribution in [3.8, 4) is 5.69 Å². The number of piperidine rings is 1. The van der Waals surface area contributed by atoms with Gasteiger partial charge >= 0.3 is 0 Å². The number of aromatic nitrogens is 4. The summed E-state index contributed by atoms with van der Waals surface area (Å²) >= 11 is 0. The molecule has 7 nitrogen and oxygen atoms in total. The lowest BCUT2D eigenvalue weighted by Crippen LogP contribution is -2.56. The molecule has 0 aliphatic carbocycles. The number of rotatable bonds is 7. The van der Waals surface area contributed by atoms with Gasteiger partial charge in [-0.3, -0.25) is 4.79 Å². The predicted octanol–water partition coefficient (Wildman–Crippen LogP) is 4.34. The number of hydrogen-bond acceptors (Lipinski definition) is 6. The van der Waals surface area contributed by atoms with Crippen molar-refractivity contribution >= 4 is 17.8 Å². The highest BCUT2D eigenvalue weighted by atomic mass is 16.1. The van der Waals surface area contributed by atoms with Crippen LogP contribution in [0.15, 0.2) is 42.7 Å². The van der Waals surface area contributed by atoms with Crippen LogP contribution in [0.1, 0.15) is 54.2 Å². The zero-order valence-electron chi connectivity index (χ0n) is 18.5. The van der Waals surface area contributed by atoms with Crippen LogP contribution in [0.25, 0.3) is 5.69 Å². The molecule has 1 fully saturated rings. The fourth-order valence-corrected chi connectivity index (χ4v) is 4.64. The Morgan fingerprint density at radius 3 is 2.68 bits per heavy atom. The van der Waals surface area contributed by atoms with Crippen molar-refractivity contribution in [2.75, 3.05) is 23.3 Å². The minimum absolute atomic E-state index is 0.0982. The summed E-state index contributed by atoms with van der Waals surface area (Å²) in [5.74, 6) is 0.787. The highest BCUT2D eigenvalue weighted by Crippen LogP contribution is 2.41. The number of nitrogens with zero attached hydrogens (tertiary/aromatic N) is 5. The molecule has 1 aliphatic heterocycles. The Kier molecular flexibility index (Phi) is 6.02. The maximum atomic E-state index is 12.0. The van der Waals surface area contributed by atoms with Gasteiger partial charge < -0.3 is 10.2 Å². The molecule has 3 aromatic rings. The van der Waals surface area contributed by atoms with Crippen LogP contribution in [0.5, 0.6) is 0 Å². The van der Waals surface area contributed by atoms with E-state index in [-0.39, 0.29) is 5.54 Å². The number of benzene rings is 1. The second-order valence-electron chi connectivity index (χ2n) is 8.34. The minimum atomic E-state index is -0.0982. The molecule has 0 saturated carbocycles. The Bertz CT molecular complexity index is 1030. The van der Waals surface area contributed by atoms with Crippen LogP contribution in [0.3, 0.4) is 0 Å². The third-order valence-corrected chi connectivity index (χ3v) is 6.42. The molecule has 31 heavy (non-hydrogen) atoms. The molecule has 0 spiro atoms. The minimum Gasteiger partial charge on any atom is -0.366 e. The lowest BCUT2D eigenvalue weighted by molar-refractivity contribution is 0.112. The van der Waals surface area contributed by atoms with E-state index in [0.717, 1.165) is 67.1 Å². The first-order chi connectivity index (χ1) is 15.1. The van der Waals surface area contributed by atoms with E-state index in [1.165, 1.54) is 6.42 Å². The van der Waals surface area contributed by atoms with Gasteiger partial charge in [0.25, 0.3) is 0 Å². The zero-order valence-corrected chi connectivity index (χ0v) is 18.5. The Balaban J connectivity index is 1.77. The quantitative estimate of drug-likeness (QED) is 0.575. The van der Waals surface area contributed by atoms with Gasteiger partial charge in [0.2, 0.25) is 0 Å². The first-order valence-electron chi connectivity index (χ1n) is 11.0. The third kappa shape index (κ3) is 4.04. The summed E-state index contributed by atoms with van der Waals surface area (Å²) in [5, 5.41) is 16.5. The maximum absolute atomic E-state index is 12.0. The molecular formula is C24H30N6O. The molecular weight excluding hydrogens is 388 g/mol. The van der Waals surface area contributed by atoms with Crippen molar-refractivity contribution in [3.63, 3.8) is 0 Å². The van der Waals surface area contributed by atoms with Gasteiger partial charge in [-0.05, 0) is 69.4 Å². The van der Waals surface area contributed by atoms with Crippen LogP contribution in [0.2, 0.25) is 0 Å². The molecule has 3 heterocycles. The first kappa shape index (κ1) is 21.0. The Hall–Kier alpha value is -3.22. The van der Waals surface area contributed by atoms with Gasteiger partial charge in [-0.1, -0.05) is 13.0 Å². The van der Waals surface area contributed by atoms with Crippen molar-refractivity contribution in [1.82, 2.24) is 20.0 Å². The van der Waals surface area contributed by atoms with Crippen LogP contribution in [-0.4, -0.2) is 44.9 Å². The van der Waals surface area contributed by atoms with E-state index in [4.69, 9.17) is 0 Å². The molecule has 1 aromatic carbocycles. The fourth-order valence-electron chi connectivity index (χ4n) is 4.64. The average molecular weight is 419 g/mol. The normalized spacial score (nSPS) is 18.7. The molecule has 1 atom stereocenters. The molecule has 1 aliphatic rings. The molecule has 162 valence electrons. The largest absolute Gasteiger partial charge is 0.366 e. The number of nitrogens with one attached hydrogen (secondary N) is 1. The van der Waals surface area contributed by atoms with E-state index in [1.54, 1.807) is 6.20 Å². The number of anilines is 2. The molecule has 0 bridgehead atoms. The highest BCUT2D eigenvalue weighted by Gasteiger charge is 2.39. The number of carbonyl (C=O) groups excluding carboxylic acids is 1. The topological polar surface area (TPSA) is 75.9 Å². The van der Waals surface area contributed by atoms with Crippen LogP contribution in [0.4, 0.5) is 11.5 Å². The van der Waals surface area contributed by atoms with Gasteiger partial charge in [0.05, 0.1) is 22.6 Å². The molecule has 0 amide bonds. The molecule has 4 rings (SSSR count). The number of aldehydes is 1. The standard InChI is InChI=1S/C24H30N6O/c1-4-24(17-25-21-11-9-19(3)27-28-21)12-5-6-14-29(24)22-18(2)8-10-20(16-31)23(22)30-15-7-13-26-30/h7-11,13,15-16H,4-6,12,14,17H2,1-3H3,(H,25,28). The van der Waals surface area contributed by atoms with E-state index in [0.29, 0.717) is 5.56 Å². The lowest BCUT2D eigenvalue weighted by Gasteiger charge is -2.49. The maximum Gasteiger partial charge on any atom is 0.152 e. The van der Waals surface area contributed by atoms with Crippen LogP contribution in [0, 0.1) is 13.8 Å². The smallest absolute Gasteiger partial charge is 0.152 e. The Labute approximate surface area is 183 Å². The second-order valence-corrected chi connectivity index (χ2v) is 8.34. The van der Waals surface area contributed by atoms with Gasteiger partial charge in [0.1, 0.15) is 5.82 Å². The van der Waals surface area contributed by atoms with E-state index in [9.17, 15) is 4.79 Å². The summed E-state index contributed by atoms with van der Waals surface area (Å²) in [6.45, 7) is 7.99. The molecule has 1 saturated heterocycles. The average Bonchev–Trinajstić information content (AvgIpc) is 3.33. The summed E-state index contributed by atoms with van der Waals surface area (Å²) in [6.07, 6.45) is 8.93. The Morgan fingerprint density at radius 1 is 1.13 bits per heavy atom. The summed E-state index contributed by atoms with van der Waals surface area (Å²) in [4.78, 5) is 14.5. The van der Waals surface area contributed by atoms with Gasteiger partial charge in [-0.2, -0.15) is 10.2 Å².